The second kappa shape index (κ2) is 5.29. The molecule has 0 aliphatic heterocycles. The minimum Gasteiger partial charge on any atom is -0.248 e. The number of aryl methyl sites for hydroxylation is 1. The molecule has 0 bridgehead atoms. The number of pyridine rings is 2. The molecule has 2 heterocycles. The molecule has 0 spiro atoms. The zero-order valence-electron chi connectivity index (χ0n) is 8.45. The largest absolute Gasteiger partial charge is 0.248 e. The topological polar surface area (TPSA) is 25.8 Å². The van der Waals surface area contributed by atoms with E-state index in [1.54, 1.807) is 18.0 Å². The quantitative estimate of drug-likeness (QED) is 0.791. The van der Waals surface area contributed by atoms with Crippen molar-refractivity contribution in [2.75, 3.05) is 0 Å². The van der Waals surface area contributed by atoms with Gasteiger partial charge in [0.1, 0.15) is 10.1 Å². The summed E-state index contributed by atoms with van der Waals surface area (Å²) >= 11 is 8.34. The van der Waals surface area contributed by atoms with Crippen LogP contribution >= 0.6 is 43.6 Å². The van der Waals surface area contributed by atoms with Crippen molar-refractivity contribution in [2.45, 2.75) is 17.0 Å². The van der Waals surface area contributed by atoms with Crippen LogP contribution in [0, 0.1) is 6.92 Å². The number of hydrogen-bond acceptors (Lipinski definition) is 3. The van der Waals surface area contributed by atoms with Crippen molar-refractivity contribution in [1.29, 1.82) is 0 Å². The molecule has 0 saturated heterocycles. The SMILES string of the molecule is Cc1nc(Sc2ccc(Br)cn2)ccc1Br. The molecule has 82 valence electrons. The summed E-state index contributed by atoms with van der Waals surface area (Å²) in [6, 6.07) is 7.92. The summed E-state index contributed by atoms with van der Waals surface area (Å²) in [4.78, 5) is 8.74. The van der Waals surface area contributed by atoms with Gasteiger partial charge in [-0.15, -0.1) is 0 Å². The molecule has 0 N–H and O–H groups in total. The Morgan fingerprint density at radius 1 is 1.06 bits per heavy atom. The van der Waals surface area contributed by atoms with Crippen LogP contribution < -0.4 is 0 Å². The van der Waals surface area contributed by atoms with Gasteiger partial charge in [-0.3, -0.25) is 0 Å². The van der Waals surface area contributed by atoms with E-state index in [-0.39, 0.29) is 0 Å². The van der Waals surface area contributed by atoms with Crippen molar-refractivity contribution in [3.8, 4) is 0 Å². The fourth-order valence-electron chi connectivity index (χ4n) is 1.11. The molecular weight excluding hydrogens is 352 g/mol. The van der Waals surface area contributed by atoms with Crippen LogP contribution in [0.2, 0.25) is 0 Å². The molecule has 0 aromatic carbocycles. The molecule has 0 fully saturated rings. The van der Waals surface area contributed by atoms with Crippen LogP contribution in [0.4, 0.5) is 0 Å². The van der Waals surface area contributed by atoms with Crippen LogP contribution in [-0.2, 0) is 0 Å². The van der Waals surface area contributed by atoms with Crippen molar-refractivity contribution in [2.24, 2.45) is 0 Å². The average Bonchev–Trinajstić information content (AvgIpc) is 2.27. The summed E-state index contributed by atoms with van der Waals surface area (Å²) in [6.07, 6.45) is 1.79. The highest BCUT2D eigenvalue weighted by Gasteiger charge is 2.02. The molecule has 0 saturated carbocycles. The van der Waals surface area contributed by atoms with E-state index >= 15 is 0 Å². The molecule has 2 nitrogen and oxygen atoms in total. The molecule has 0 atom stereocenters. The minimum atomic E-state index is 0.942. The van der Waals surface area contributed by atoms with E-state index in [4.69, 9.17) is 0 Å². The molecule has 0 radical (unpaired) electrons. The number of rotatable bonds is 2. The van der Waals surface area contributed by atoms with E-state index in [9.17, 15) is 0 Å². The number of aromatic nitrogens is 2. The van der Waals surface area contributed by atoms with E-state index in [1.807, 2.05) is 31.2 Å². The number of halogens is 2. The molecule has 2 aromatic heterocycles. The first-order chi connectivity index (χ1) is 7.65. The molecule has 0 aliphatic carbocycles. The van der Waals surface area contributed by atoms with Gasteiger partial charge in [-0.25, -0.2) is 9.97 Å². The van der Waals surface area contributed by atoms with Crippen molar-refractivity contribution < 1.29 is 0 Å². The predicted molar refractivity (Wildman–Crippen MR) is 72.7 cm³/mol. The standard InChI is InChI=1S/C11H8Br2N2S/c1-7-9(13)3-5-11(15-7)16-10-4-2-8(12)6-14-10/h2-6H,1H3. The molecule has 2 rings (SSSR count). The van der Waals surface area contributed by atoms with Crippen LogP contribution in [-0.4, -0.2) is 9.97 Å². The zero-order chi connectivity index (χ0) is 11.5. The van der Waals surface area contributed by atoms with E-state index in [0.717, 1.165) is 24.7 Å². The third-order valence-corrected chi connectivity index (χ3v) is 4.10. The van der Waals surface area contributed by atoms with E-state index in [1.165, 1.54) is 0 Å². The lowest BCUT2D eigenvalue weighted by Gasteiger charge is -2.02. The molecule has 5 heteroatoms. The van der Waals surface area contributed by atoms with E-state index in [2.05, 4.69) is 41.8 Å². The first-order valence-corrected chi connectivity index (χ1v) is 6.98. The zero-order valence-corrected chi connectivity index (χ0v) is 12.4. The second-order valence-electron chi connectivity index (χ2n) is 3.13. The normalized spacial score (nSPS) is 10.4. The first kappa shape index (κ1) is 12.1. The molecular formula is C11H8Br2N2S. The van der Waals surface area contributed by atoms with Gasteiger partial charge in [0.25, 0.3) is 0 Å². The summed E-state index contributed by atoms with van der Waals surface area (Å²) < 4.78 is 2.01. The van der Waals surface area contributed by atoms with Crippen LogP contribution in [0.5, 0.6) is 0 Å². The lowest BCUT2D eigenvalue weighted by molar-refractivity contribution is 1.04. The summed E-state index contributed by atoms with van der Waals surface area (Å²) in [5, 5.41) is 1.90. The van der Waals surface area contributed by atoms with Gasteiger partial charge in [0, 0.05) is 15.1 Å². The number of hydrogen-bond donors (Lipinski definition) is 0. The maximum absolute atomic E-state index is 4.45. The van der Waals surface area contributed by atoms with Crippen LogP contribution in [0.15, 0.2) is 49.5 Å². The lowest BCUT2D eigenvalue weighted by Crippen LogP contribution is -1.86. The van der Waals surface area contributed by atoms with Crippen LogP contribution in [0.25, 0.3) is 0 Å². The Morgan fingerprint density at radius 3 is 2.44 bits per heavy atom. The van der Waals surface area contributed by atoms with Crippen molar-refractivity contribution in [3.05, 3.63) is 45.1 Å². The predicted octanol–water partition coefficient (Wildman–Crippen LogP) is 4.46. The maximum atomic E-state index is 4.45. The van der Waals surface area contributed by atoms with Gasteiger partial charge in [-0.1, -0.05) is 11.8 Å². The molecule has 16 heavy (non-hydrogen) atoms. The third-order valence-electron chi connectivity index (χ3n) is 1.91. The lowest BCUT2D eigenvalue weighted by atomic mass is 10.4. The highest BCUT2D eigenvalue weighted by molar-refractivity contribution is 9.10. The fourth-order valence-corrected chi connectivity index (χ4v) is 2.34. The van der Waals surface area contributed by atoms with Crippen molar-refractivity contribution in [1.82, 2.24) is 9.97 Å². The average molecular weight is 360 g/mol. The summed E-state index contributed by atoms with van der Waals surface area (Å²) in [7, 11) is 0. The van der Waals surface area contributed by atoms with Gasteiger partial charge < -0.3 is 0 Å². The first-order valence-electron chi connectivity index (χ1n) is 4.58. The van der Waals surface area contributed by atoms with Crippen molar-refractivity contribution >= 4 is 43.6 Å². The summed E-state index contributed by atoms with van der Waals surface area (Å²) in [6.45, 7) is 1.98. The van der Waals surface area contributed by atoms with Gasteiger partial charge in [0.2, 0.25) is 0 Å². The third kappa shape index (κ3) is 3.06. The Kier molecular flexibility index (Phi) is 4.00. The molecule has 0 unspecified atom stereocenters. The Hall–Kier alpha value is -0.390. The maximum Gasteiger partial charge on any atom is 0.103 e. The van der Waals surface area contributed by atoms with E-state index in [0.29, 0.717) is 0 Å². The highest BCUT2D eigenvalue weighted by Crippen LogP contribution is 2.26. The monoisotopic (exact) mass is 358 g/mol. The smallest absolute Gasteiger partial charge is 0.103 e. The molecule has 0 amide bonds. The fraction of sp³-hybridized carbons (Fsp3) is 0.0909. The van der Waals surface area contributed by atoms with Gasteiger partial charge in [-0.05, 0) is 63.0 Å². The van der Waals surface area contributed by atoms with Crippen LogP contribution in [0.3, 0.4) is 0 Å². The molecule has 2 aromatic rings. The van der Waals surface area contributed by atoms with Gasteiger partial charge >= 0.3 is 0 Å². The van der Waals surface area contributed by atoms with Gasteiger partial charge in [0.05, 0.1) is 5.69 Å². The van der Waals surface area contributed by atoms with Gasteiger partial charge in [0.15, 0.2) is 0 Å². The number of nitrogens with zero attached hydrogens (tertiary/aromatic N) is 2. The minimum absolute atomic E-state index is 0.942. The highest BCUT2D eigenvalue weighted by atomic mass is 79.9. The Bertz CT molecular complexity index is 500. The Labute approximate surface area is 115 Å². The van der Waals surface area contributed by atoms with Crippen LogP contribution in [0.1, 0.15) is 5.69 Å². The van der Waals surface area contributed by atoms with E-state index < -0.39 is 0 Å². The summed E-state index contributed by atoms with van der Waals surface area (Å²) in [5.74, 6) is 0. The Balaban J connectivity index is 2.20. The second-order valence-corrected chi connectivity index (χ2v) is 5.94. The van der Waals surface area contributed by atoms with Crippen molar-refractivity contribution in [3.63, 3.8) is 0 Å². The summed E-state index contributed by atoms with van der Waals surface area (Å²) in [5.41, 5.74) is 0.988. The Morgan fingerprint density at radius 2 is 1.81 bits per heavy atom. The molecule has 0 aliphatic rings. The van der Waals surface area contributed by atoms with Gasteiger partial charge in [-0.2, -0.15) is 0 Å².